The molecule has 1 fully saturated rings. The van der Waals surface area contributed by atoms with Crippen LogP contribution in [0.3, 0.4) is 0 Å². The summed E-state index contributed by atoms with van der Waals surface area (Å²) in [7, 11) is 0. The number of amides is 1. The highest BCUT2D eigenvalue weighted by Gasteiger charge is 2.18. The van der Waals surface area contributed by atoms with Crippen molar-refractivity contribution in [2.75, 3.05) is 31.1 Å². The van der Waals surface area contributed by atoms with Gasteiger partial charge in [-0.1, -0.05) is 0 Å². The van der Waals surface area contributed by atoms with Crippen LogP contribution < -0.4 is 15.0 Å². The molecular weight excluding hydrogens is 353 g/mol. The van der Waals surface area contributed by atoms with E-state index in [9.17, 15) is 14.0 Å². The second kappa shape index (κ2) is 9.34. The predicted octanol–water partition coefficient (Wildman–Crippen LogP) is 3.01. The molecular formula is C19H26FN3O4. The number of ketones is 1. The highest BCUT2D eigenvalue weighted by Crippen LogP contribution is 2.19. The Bertz CT molecular complexity index is 683. The highest BCUT2D eigenvalue weighted by molar-refractivity contribution is 5.84. The van der Waals surface area contributed by atoms with E-state index in [4.69, 9.17) is 9.47 Å². The van der Waals surface area contributed by atoms with Crippen molar-refractivity contribution in [3.63, 3.8) is 0 Å². The molecule has 148 valence electrons. The Morgan fingerprint density at radius 3 is 2.78 bits per heavy atom. The van der Waals surface area contributed by atoms with Crippen molar-refractivity contribution in [3.8, 4) is 5.75 Å². The maximum absolute atomic E-state index is 13.0. The first-order valence-corrected chi connectivity index (χ1v) is 8.87. The van der Waals surface area contributed by atoms with Crippen LogP contribution in [0.25, 0.3) is 0 Å². The van der Waals surface area contributed by atoms with Crippen molar-refractivity contribution in [3.05, 3.63) is 30.2 Å². The number of hydrogen-bond donors (Lipinski definition) is 1. The lowest BCUT2D eigenvalue weighted by Crippen LogP contribution is -2.36. The van der Waals surface area contributed by atoms with E-state index in [1.165, 1.54) is 6.20 Å². The monoisotopic (exact) mass is 379 g/mol. The van der Waals surface area contributed by atoms with E-state index < -0.39 is 11.7 Å². The van der Waals surface area contributed by atoms with E-state index in [-0.39, 0.29) is 24.5 Å². The summed E-state index contributed by atoms with van der Waals surface area (Å²) in [6.45, 7) is 6.36. The van der Waals surface area contributed by atoms with Gasteiger partial charge in [0.25, 0.3) is 0 Å². The zero-order valence-electron chi connectivity index (χ0n) is 16.0. The molecule has 2 heterocycles. The number of Topliss-reactive ketones (excluding diaryl/α,β-unsaturated/α-hetero) is 1. The molecule has 1 amide bonds. The lowest BCUT2D eigenvalue weighted by molar-refractivity contribution is -0.118. The molecule has 8 heteroatoms. The summed E-state index contributed by atoms with van der Waals surface area (Å²) in [6, 6.07) is 3.49. The average molecular weight is 379 g/mol. The predicted molar refractivity (Wildman–Crippen MR) is 99.6 cm³/mol. The number of nitrogens with one attached hydrogen (secondary N) is 1. The smallest absolute Gasteiger partial charge is 0.407 e. The van der Waals surface area contributed by atoms with Crippen molar-refractivity contribution >= 4 is 17.7 Å². The molecule has 1 N–H and O–H groups in total. The summed E-state index contributed by atoms with van der Waals surface area (Å²) in [5.74, 6) is 1.39. The third kappa shape index (κ3) is 7.24. The average Bonchev–Trinajstić information content (AvgIpc) is 2.61. The number of rotatable bonds is 6. The van der Waals surface area contributed by atoms with Crippen molar-refractivity contribution in [1.82, 2.24) is 10.3 Å². The molecule has 1 aromatic heterocycles. The van der Waals surface area contributed by atoms with Crippen LogP contribution in [-0.4, -0.2) is 48.7 Å². The van der Waals surface area contributed by atoms with Crippen LogP contribution in [0.2, 0.25) is 0 Å². The van der Waals surface area contributed by atoms with Gasteiger partial charge in [-0.3, -0.25) is 4.79 Å². The normalized spacial score (nSPS) is 15.5. The van der Waals surface area contributed by atoms with Gasteiger partial charge < -0.3 is 19.7 Å². The molecule has 1 saturated heterocycles. The second-order valence-electron chi connectivity index (χ2n) is 7.33. The third-order valence-electron chi connectivity index (χ3n) is 3.73. The van der Waals surface area contributed by atoms with Crippen molar-refractivity contribution in [2.45, 2.75) is 39.2 Å². The molecule has 1 aromatic rings. The summed E-state index contributed by atoms with van der Waals surface area (Å²) in [5.41, 5.74) is -0.362. The Morgan fingerprint density at radius 2 is 2.19 bits per heavy atom. The van der Waals surface area contributed by atoms with Gasteiger partial charge in [-0.25, -0.2) is 14.2 Å². The van der Waals surface area contributed by atoms with Gasteiger partial charge in [0.15, 0.2) is 5.78 Å². The fraction of sp³-hybridized carbons (Fsp3) is 0.526. The lowest BCUT2D eigenvalue weighted by Gasteiger charge is -2.26. The van der Waals surface area contributed by atoms with Crippen molar-refractivity contribution in [1.29, 1.82) is 0 Å². The molecule has 0 unspecified atom stereocenters. The maximum atomic E-state index is 13.0. The van der Waals surface area contributed by atoms with Crippen LogP contribution in [0.15, 0.2) is 30.2 Å². The van der Waals surface area contributed by atoms with Gasteiger partial charge >= 0.3 is 6.09 Å². The topological polar surface area (TPSA) is 80.8 Å². The highest BCUT2D eigenvalue weighted by atomic mass is 19.1. The summed E-state index contributed by atoms with van der Waals surface area (Å²) >= 11 is 0. The van der Waals surface area contributed by atoms with Crippen LogP contribution in [-0.2, 0) is 9.53 Å². The van der Waals surface area contributed by atoms with E-state index in [0.29, 0.717) is 30.9 Å². The molecule has 1 aliphatic rings. The molecule has 0 aromatic carbocycles. The molecule has 0 aliphatic carbocycles. The quantitative estimate of drug-likeness (QED) is 0.818. The van der Waals surface area contributed by atoms with Crippen LogP contribution in [0, 0.1) is 0 Å². The summed E-state index contributed by atoms with van der Waals surface area (Å²) in [4.78, 5) is 29.4. The van der Waals surface area contributed by atoms with Gasteiger partial charge in [0, 0.05) is 25.1 Å². The Kier molecular flexibility index (Phi) is 7.15. The molecule has 27 heavy (non-hydrogen) atoms. The lowest BCUT2D eigenvalue weighted by atomic mass is 10.1. The van der Waals surface area contributed by atoms with Gasteiger partial charge in [-0.2, -0.15) is 0 Å². The minimum Gasteiger partial charge on any atom is -0.487 e. The first-order valence-electron chi connectivity index (χ1n) is 8.87. The van der Waals surface area contributed by atoms with Crippen molar-refractivity contribution < 1.29 is 23.5 Å². The number of anilines is 1. The van der Waals surface area contributed by atoms with E-state index in [2.05, 4.69) is 10.3 Å². The Hall–Kier alpha value is -2.64. The number of carbonyl (C=O) groups is 2. The molecule has 0 bridgehead atoms. The fourth-order valence-corrected chi connectivity index (χ4v) is 2.48. The number of hydrogen-bond acceptors (Lipinski definition) is 6. The second-order valence-corrected chi connectivity index (χ2v) is 7.33. The minimum atomic E-state index is -0.621. The standard InChI is InChI=1S/C19H26FN3O4/c1-19(2,3)27-18(25)22-10-14(9-20)13-26-16-6-7-17(21-11-16)23-8-4-5-15(24)12-23/h6-7,9,11H,4-5,8,10,12-13H2,1-3H3,(H,22,25)/b14-9+. The SMILES string of the molecule is CC(C)(C)OC(=O)NC/C(=C\F)COc1ccc(N2CCCC(=O)C2)nc1. The number of piperidine rings is 1. The van der Waals surface area contributed by atoms with E-state index in [1.54, 1.807) is 32.9 Å². The van der Waals surface area contributed by atoms with E-state index in [1.807, 2.05) is 4.90 Å². The summed E-state index contributed by atoms with van der Waals surface area (Å²) < 4.78 is 23.6. The van der Waals surface area contributed by atoms with Gasteiger partial charge in [0.05, 0.1) is 19.1 Å². The third-order valence-corrected chi connectivity index (χ3v) is 3.73. The number of ether oxygens (including phenoxy) is 2. The number of pyridine rings is 1. The number of halogens is 1. The zero-order valence-corrected chi connectivity index (χ0v) is 16.0. The summed E-state index contributed by atoms with van der Waals surface area (Å²) in [6.07, 6.45) is 2.76. The number of nitrogens with zero attached hydrogens (tertiary/aromatic N) is 2. The number of alkyl carbamates (subject to hydrolysis) is 1. The molecule has 0 spiro atoms. The zero-order chi connectivity index (χ0) is 19.9. The largest absolute Gasteiger partial charge is 0.487 e. The van der Waals surface area contributed by atoms with Crippen LogP contribution in [0.4, 0.5) is 15.0 Å². The number of carbonyl (C=O) groups excluding carboxylic acids is 2. The van der Waals surface area contributed by atoms with E-state index >= 15 is 0 Å². The van der Waals surface area contributed by atoms with Crippen LogP contribution >= 0.6 is 0 Å². The van der Waals surface area contributed by atoms with Gasteiger partial charge in [0.2, 0.25) is 0 Å². The van der Waals surface area contributed by atoms with Crippen molar-refractivity contribution in [2.24, 2.45) is 0 Å². The molecule has 2 rings (SSSR count). The first kappa shape index (κ1) is 20.7. The first-order chi connectivity index (χ1) is 12.8. The molecule has 0 saturated carbocycles. The minimum absolute atomic E-state index is 0.0210. The Labute approximate surface area is 158 Å². The van der Waals surface area contributed by atoms with Crippen LogP contribution in [0.1, 0.15) is 33.6 Å². The van der Waals surface area contributed by atoms with E-state index in [0.717, 1.165) is 13.0 Å². The molecule has 7 nitrogen and oxygen atoms in total. The van der Waals surface area contributed by atoms with Gasteiger partial charge in [-0.15, -0.1) is 0 Å². The number of aromatic nitrogens is 1. The summed E-state index contributed by atoms with van der Waals surface area (Å²) in [5, 5.41) is 2.48. The Morgan fingerprint density at radius 1 is 1.41 bits per heavy atom. The maximum Gasteiger partial charge on any atom is 0.407 e. The van der Waals surface area contributed by atoms with Gasteiger partial charge in [0.1, 0.15) is 23.8 Å². The fourth-order valence-electron chi connectivity index (χ4n) is 2.48. The molecule has 0 atom stereocenters. The van der Waals surface area contributed by atoms with Gasteiger partial charge in [-0.05, 0) is 39.3 Å². The van der Waals surface area contributed by atoms with Crippen LogP contribution in [0.5, 0.6) is 5.75 Å². The molecule has 0 radical (unpaired) electrons. The molecule has 1 aliphatic heterocycles. The Balaban J connectivity index is 1.80.